The summed E-state index contributed by atoms with van der Waals surface area (Å²) in [4.78, 5) is 10.8. The average molecular weight is 482 g/mol. The Labute approximate surface area is 199 Å². The maximum atomic E-state index is 15.9. The molecule has 6 nitrogen and oxygen atoms in total. The van der Waals surface area contributed by atoms with Gasteiger partial charge in [0.15, 0.2) is 5.82 Å². The van der Waals surface area contributed by atoms with E-state index in [1.165, 1.54) is 17.5 Å². The van der Waals surface area contributed by atoms with E-state index in [4.69, 9.17) is 22.1 Å². The molecule has 33 heavy (non-hydrogen) atoms. The number of benzene rings is 2. The highest BCUT2D eigenvalue weighted by molar-refractivity contribution is 7.23. The number of hydrogen-bond acceptors (Lipinski definition) is 7. The number of halogens is 2. The van der Waals surface area contributed by atoms with Crippen LogP contribution in [-0.2, 0) is 0 Å². The lowest BCUT2D eigenvalue weighted by molar-refractivity contribution is 0.188. The van der Waals surface area contributed by atoms with Gasteiger partial charge in [-0.2, -0.15) is 10.2 Å². The summed E-state index contributed by atoms with van der Waals surface area (Å²) in [5.74, 6) is -0.582. The first kappa shape index (κ1) is 21.8. The van der Waals surface area contributed by atoms with Crippen LogP contribution >= 0.6 is 22.9 Å². The molecule has 1 saturated heterocycles. The molecule has 1 aliphatic heterocycles. The van der Waals surface area contributed by atoms with Crippen molar-refractivity contribution < 1.29 is 9.13 Å². The summed E-state index contributed by atoms with van der Waals surface area (Å²) >= 11 is 7.86. The van der Waals surface area contributed by atoms with Crippen LogP contribution in [0, 0.1) is 24.1 Å². The molecule has 1 aliphatic rings. The highest BCUT2D eigenvalue weighted by Gasteiger charge is 2.24. The molecule has 2 aromatic carbocycles. The Morgan fingerprint density at radius 1 is 1.42 bits per heavy atom. The molecule has 5 rings (SSSR count). The van der Waals surface area contributed by atoms with E-state index in [1.807, 2.05) is 13.0 Å². The molecular weight excluding hydrogens is 461 g/mol. The van der Waals surface area contributed by atoms with Crippen molar-refractivity contribution in [2.75, 3.05) is 25.9 Å². The largest absolute Gasteiger partial charge is 0.462 e. The molecule has 1 atom stereocenters. The van der Waals surface area contributed by atoms with Gasteiger partial charge in [-0.15, -0.1) is 11.3 Å². The fourth-order valence-corrected chi connectivity index (χ4v) is 5.75. The number of fused-ring (bicyclic) bond motifs is 2. The number of nitrogens with two attached hydrogens (primary N) is 1. The smallest absolute Gasteiger partial charge is 0.317 e. The first-order valence-electron chi connectivity index (χ1n) is 10.6. The molecule has 0 spiro atoms. The summed E-state index contributed by atoms with van der Waals surface area (Å²) in [6.45, 7) is 3.41. The van der Waals surface area contributed by atoms with Crippen molar-refractivity contribution >= 4 is 48.9 Å². The third-order valence-electron chi connectivity index (χ3n) is 6.26. The molecule has 0 bridgehead atoms. The van der Waals surface area contributed by atoms with E-state index in [0.717, 1.165) is 29.6 Å². The van der Waals surface area contributed by atoms with Crippen molar-refractivity contribution in [3.05, 3.63) is 46.4 Å². The number of likely N-dealkylation sites (N-methyl/N-ethyl adjacent to an activating group) is 1. The van der Waals surface area contributed by atoms with Crippen LogP contribution in [0.25, 0.3) is 32.1 Å². The minimum absolute atomic E-state index is 0.120. The molecule has 0 saturated carbocycles. The number of anilines is 1. The predicted molar refractivity (Wildman–Crippen MR) is 130 cm³/mol. The molecule has 2 aromatic heterocycles. The normalized spacial score (nSPS) is 16.5. The molecule has 0 aliphatic carbocycles. The number of nitrogen functional groups attached to an aromatic ring is 1. The zero-order valence-corrected chi connectivity index (χ0v) is 19.7. The number of aromatic nitrogens is 2. The zero-order valence-electron chi connectivity index (χ0n) is 18.2. The number of ether oxygens (including phenoxy) is 1. The maximum Gasteiger partial charge on any atom is 0.317 e. The fraction of sp³-hybridized carbons (Fsp3) is 0.292. The number of thiophene rings is 1. The molecule has 1 fully saturated rings. The Hall–Kier alpha value is -2.99. The quantitative estimate of drug-likeness (QED) is 0.411. The van der Waals surface area contributed by atoms with Gasteiger partial charge in [-0.3, -0.25) is 0 Å². The van der Waals surface area contributed by atoms with Gasteiger partial charge in [-0.1, -0.05) is 23.7 Å². The minimum atomic E-state index is -0.582. The lowest BCUT2D eigenvalue weighted by atomic mass is 9.96. The van der Waals surface area contributed by atoms with Crippen LogP contribution < -0.4 is 10.5 Å². The van der Waals surface area contributed by atoms with Crippen LogP contribution in [0.1, 0.15) is 24.0 Å². The molecule has 0 unspecified atom stereocenters. The Kier molecular flexibility index (Phi) is 5.57. The van der Waals surface area contributed by atoms with Crippen LogP contribution in [0.5, 0.6) is 6.01 Å². The van der Waals surface area contributed by atoms with E-state index < -0.39 is 5.82 Å². The highest BCUT2D eigenvalue weighted by atomic mass is 35.5. The predicted octanol–water partition coefficient (Wildman–Crippen LogP) is 5.54. The van der Waals surface area contributed by atoms with Gasteiger partial charge in [0.1, 0.15) is 23.2 Å². The number of nitrogens with zero attached hydrogens (tertiary/aromatic N) is 4. The standard InChI is InChI=1S/C24H21ClFN5OS/c1-12-5-6-15(18-16(9-27)23(28)33-22(12)18)19-17(25)8-13-10-29-24(30-21(13)20(19)26)32-11-14-4-3-7-31(14)2/h5-6,8,10,14H,3-4,7,11,28H2,1-2H3/t14-/m0/s1. The number of nitriles is 1. The van der Waals surface area contributed by atoms with Crippen molar-refractivity contribution in [1.82, 2.24) is 14.9 Å². The van der Waals surface area contributed by atoms with E-state index in [0.29, 0.717) is 39.5 Å². The Bertz CT molecular complexity index is 1450. The lowest BCUT2D eigenvalue weighted by Gasteiger charge is -2.19. The van der Waals surface area contributed by atoms with Crippen LogP contribution in [-0.4, -0.2) is 41.1 Å². The second-order valence-electron chi connectivity index (χ2n) is 8.31. The second kappa shape index (κ2) is 8.41. The van der Waals surface area contributed by atoms with Crippen LogP contribution in [0.4, 0.5) is 9.39 Å². The first-order valence-corrected chi connectivity index (χ1v) is 11.8. The molecule has 2 N–H and O–H groups in total. The molecule has 0 amide bonds. The highest BCUT2D eigenvalue weighted by Crippen LogP contribution is 2.44. The molecule has 168 valence electrons. The van der Waals surface area contributed by atoms with Crippen LogP contribution in [0.15, 0.2) is 24.4 Å². The van der Waals surface area contributed by atoms with Crippen LogP contribution in [0.2, 0.25) is 5.02 Å². The van der Waals surface area contributed by atoms with E-state index >= 15 is 4.39 Å². The van der Waals surface area contributed by atoms with Gasteiger partial charge >= 0.3 is 6.01 Å². The molecule has 4 aromatic rings. The summed E-state index contributed by atoms with van der Waals surface area (Å²) < 4.78 is 22.6. The maximum absolute atomic E-state index is 15.9. The van der Waals surface area contributed by atoms with Gasteiger partial charge in [-0.05, 0) is 50.6 Å². The number of likely N-dealkylation sites (tertiary alicyclic amines) is 1. The van der Waals surface area contributed by atoms with Gasteiger partial charge < -0.3 is 15.4 Å². The minimum Gasteiger partial charge on any atom is -0.462 e. The number of aryl methyl sites for hydroxylation is 1. The third-order valence-corrected chi connectivity index (χ3v) is 7.72. The zero-order chi connectivity index (χ0) is 23.3. The van der Waals surface area contributed by atoms with Crippen molar-refractivity contribution in [2.45, 2.75) is 25.8 Å². The van der Waals surface area contributed by atoms with Gasteiger partial charge in [0.2, 0.25) is 0 Å². The Morgan fingerprint density at radius 3 is 2.97 bits per heavy atom. The summed E-state index contributed by atoms with van der Waals surface area (Å²) in [6, 6.07) is 7.87. The van der Waals surface area contributed by atoms with Crippen molar-refractivity contribution in [3.63, 3.8) is 0 Å². The van der Waals surface area contributed by atoms with Crippen LogP contribution in [0.3, 0.4) is 0 Å². The van der Waals surface area contributed by atoms with Crippen molar-refractivity contribution in [3.8, 4) is 23.2 Å². The van der Waals surface area contributed by atoms with Gasteiger partial charge in [0.05, 0.1) is 10.6 Å². The van der Waals surface area contributed by atoms with Gasteiger partial charge in [0.25, 0.3) is 0 Å². The van der Waals surface area contributed by atoms with Crippen molar-refractivity contribution in [1.29, 1.82) is 5.26 Å². The molecule has 9 heteroatoms. The average Bonchev–Trinajstić information content (AvgIpc) is 3.36. The first-order chi connectivity index (χ1) is 15.9. The lowest BCUT2D eigenvalue weighted by Crippen LogP contribution is -2.30. The third kappa shape index (κ3) is 3.66. The summed E-state index contributed by atoms with van der Waals surface area (Å²) in [7, 11) is 2.06. The second-order valence-corrected chi connectivity index (χ2v) is 9.77. The SMILES string of the molecule is Cc1ccc(-c2c(Cl)cc3cnc(OC[C@@H]4CCCN4C)nc3c2F)c2c(C#N)c(N)sc12. The molecule has 3 heterocycles. The topological polar surface area (TPSA) is 88.1 Å². The Balaban J connectivity index is 1.64. The van der Waals surface area contributed by atoms with Crippen molar-refractivity contribution in [2.24, 2.45) is 0 Å². The monoisotopic (exact) mass is 481 g/mol. The van der Waals surface area contributed by atoms with E-state index in [2.05, 4.69) is 28.0 Å². The van der Waals surface area contributed by atoms with E-state index in [-0.39, 0.29) is 22.1 Å². The van der Waals surface area contributed by atoms with Gasteiger partial charge in [-0.25, -0.2) is 9.37 Å². The molecule has 0 radical (unpaired) electrons. The number of rotatable bonds is 4. The van der Waals surface area contributed by atoms with Gasteiger partial charge in [0, 0.05) is 33.3 Å². The summed E-state index contributed by atoms with van der Waals surface area (Å²) in [5, 5.41) is 11.4. The summed E-state index contributed by atoms with van der Waals surface area (Å²) in [5.41, 5.74) is 8.19. The molecular formula is C24H21ClFN5OS. The van der Waals surface area contributed by atoms with E-state index in [1.54, 1.807) is 12.1 Å². The number of hydrogen-bond donors (Lipinski definition) is 1. The fourth-order valence-electron chi connectivity index (χ4n) is 4.44. The Morgan fingerprint density at radius 2 is 2.24 bits per heavy atom. The summed E-state index contributed by atoms with van der Waals surface area (Å²) in [6.07, 6.45) is 3.69. The van der Waals surface area contributed by atoms with E-state index in [9.17, 15) is 5.26 Å².